The lowest BCUT2D eigenvalue weighted by Crippen LogP contribution is -2.36. The molecule has 6 heteroatoms. The molecule has 2 amide bonds. The van der Waals surface area contributed by atoms with Crippen molar-refractivity contribution in [1.82, 2.24) is 0 Å². The molecule has 0 radical (unpaired) electrons. The van der Waals surface area contributed by atoms with Gasteiger partial charge in [0.2, 0.25) is 11.8 Å². The Morgan fingerprint density at radius 2 is 1.96 bits per heavy atom. The number of hydrogen-bond acceptors (Lipinski definition) is 2. The number of nitrogens with zero attached hydrogens (tertiary/aromatic N) is 1. The number of aryl methyl sites for hydroxylation is 1. The van der Waals surface area contributed by atoms with Gasteiger partial charge in [-0.15, -0.1) is 0 Å². The maximum atomic E-state index is 13.3. The van der Waals surface area contributed by atoms with Crippen LogP contribution in [0.25, 0.3) is 0 Å². The summed E-state index contributed by atoms with van der Waals surface area (Å²) in [6, 6.07) is 10.6. The van der Waals surface area contributed by atoms with Crippen LogP contribution < -0.4 is 10.2 Å². The molecule has 120 valence electrons. The molecule has 0 heterocycles. The summed E-state index contributed by atoms with van der Waals surface area (Å²) < 4.78 is 13.3. The smallest absolute Gasteiger partial charge is 0.244 e. The lowest BCUT2D eigenvalue weighted by atomic mass is 10.2. The molecule has 0 unspecified atom stereocenters. The number of nitrogens with one attached hydrogen (secondary N) is 1. The molecule has 0 fully saturated rings. The van der Waals surface area contributed by atoms with Crippen molar-refractivity contribution in [2.24, 2.45) is 0 Å². The van der Waals surface area contributed by atoms with E-state index in [2.05, 4.69) is 5.32 Å². The van der Waals surface area contributed by atoms with Crippen molar-refractivity contribution in [1.29, 1.82) is 0 Å². The Bertz CT molecular complexity index is 749. The summed E-state index contributed by atoms with van der Waals surface area (Å²) in [7, 11) is 0. The molecular weight excluding hydrogens is 319 g/mol. The van der Waals surface area contributed by atoms with Gasteiger partial charge in [-0.05, 0) is 48.9 Å². The zero-order valence-electron chi connectivity index (χ0n) is 12.8. The molecule has 2 aromatic rings. The van der Waals surface area contributed by atoms with Crippen LogP contribution >= 0.6 is 11.6 Å². The first-order valence-corrected chi connectivity index (χ1v) is 7.34. The van der Waals surface area contributed by atoms with Crippen LogP contribution in [0.2, 0.25) is 5.02 Å². The van der Waals surface area contributed by atoms with E-state index in [1.807, 2.05) is 6.92 Å². The highest BCUT2D eigenvalue weighted by atomic mass is 35.5. The molecule has 0 aliphatic heterocycles. The van der Waals surface area contributed by atoms with Crippen LogP contribution in [0.5, 0.6) is 0 Å². The molecule has 0 bridgehead atoms. The third-order valence-corrected chi connectivity index (χ3v) is 3.50. The first-order valence-electron chi connectivity index (χ1n) is 6.96. The van der Waals surface area contributed by atoms with Gasteiger partial charge in [0.25, 0.3) is 0 Å². The Hall–Kier alpha value is -2.40. The standard InChI is InChI=1S/C17H16ClFN2O2/c1-11-8-13(18)6-7-16(11)20-17(23)10-21(12(2)22)15-5-3-4-14(19)9-15/h3-9H,10H2,1-2H3,(H,20,23). The van der Waals surface area contributed by atoms with E-state index in [1.54, 1.807) is 24.3 Å². The second-order valence-electron chi connectivity index (χ2n) is 5.09. The number of carbonyl (C=O) groups is 2. The fraction of sp³-hybridized carbons (Fsp3) is 0.176. The van der Waals surface area contributed by atoms with Gasteiger partial charge < -0.3 is 10.2 Å². The van der Waals surface area contributed by atoms with Crippen LogP contribution in [0.1, 0.15) is 12.5 Å². The number of halogens is 2. The first kappa shape index (κ1) is 17.0. The Morgan fingerprint density at radius 1 is 1.22 bits per heavy atom. The minimum Gasteiger partial charge on any atom is -0.324 e. The third kappa shape index (κ3) is 4.53. The van der Waals surface area contributed by atoms with E-state index < -0.39 is 5.82 Å². The van der Waals surface area contributed by atoms with Crippen molar-refractivity contribution in [3.05, 3.63) is 58.9 Å². The van der Waals surface area contributed by atoms with Gasteiger partial charge in [0, 0.05) is 23.3 Å². The van der Waals surface area contributed by atoms with Gasteiger partial charge in [0.05, 0.1) is 0 Å². The van der Waals surface area contributed by atoms with E-state index in [9.17, 15) is 14.0 Å². The quantitative estimate of drug-likeness (QED) is 0.925. The van der Waals surface area contributed by atoms with Crippen molar-refractivity contribution >= 4 is 34.8 Å². The Labute approximate surface area is 138 Å². The molecule has 0 atom stereocenters. The van der Waals surface area contributed by atoms with Crippen LogP contribution in [-0.2, 0) is 9.59 Å². The summed E-state index contributed by atoms with van der Waals surface area (Å²) in [4.78, 5) is 25.2. The maximum absolute atomic E-state index is 13.3. The molecule has 23 heavy (non-hydrogen) atoms. The fourth-order valence-corrected chi connectivity index (χ4v) is 2.36. The molecule has 0 aliphatic rings. The van der Waals surface area contributed by atoms with Crippen LogP contribution in [0, 0.1) is 12.7 Å². The molecule has 1 N–H and O–H groups in total. The number of carbonyl (C=O) groups excluding carboxylic acids is 2. The van der Waals surface area contributed by atoms with E-state index in [1.165, 1.54) is 30.0 Å². The van der Waals surface area contributed by atoms with Gasteiger partial charge in [-0.2, -0.15) is 0 Å². The molecule has 2 aromatic carbocycles. The zero-order chi connectivity index (χ0) is 17.0. The number of rotatable bonds is 4. The largest absolute Gasteiger partial charge is 0.324 e. The maximum Gasteiger partial charge on any atom is 0.244 e. The summed E-state index contributed by atoms with van der Waals surface area (Å²) >= 11 is 5.87. The highest BCUT2D eigenvalue weighted by Gasteiger charge is 2.17. The van der Waals surface area contributed by atoms with E-state index in [0.29, 0.717) is 16.4 Å². The van der Waals surface area contributed by atoms with Gasteiger partial charge in [-0.1, -0.05) is 17.7 Å². The average Bonchev–Trinajstić information content (AvgIpc) is 2.47. The Balaban J connectivity index is 2.14. The molecule has 0 saturated heterocycles. The minimum atomic E-state index is -0.470. The lowest BCUT2D eigenvalue weighted by molar-refractivity contribution is -0.120. The van der Waals surface area contributed by atoms with Crippen LogP contribution in [-0.4, -0.2) is 18.4 Å². The van der Waals surface area contributed by atoms with E-state index in [4.69, 9.17) is 11.6 Å². The summed E-state index contributed by atoms with van der Waals surface area (Å²) in [6.45, 7) is 2.93. The molecule has 0 aliphatic carbocycles. The second kappa shape index (κ2) is 7.24. The number of amides is 2. The third-order valence-electron chi connectivity index (χ3n) is 3.26. The molecule has 0 spiro atoms. The highest BCUT2D eigenvalue weighted by molar-refractivity contribution is 6.30. The summed E-state index contributed by atoms with van der Waals surface area (Å²) in [5.74, 6) is -1.20. The van der Waals surface area contributed by atoms with Gasteiger partial charge in [-0.3, -0.25) is 9.59 Å². The van der Waals surface area contributed by atoms with Crippen molar-refractivity contribution in [2.75, 3.05) is 16.8 Å². The monoisotopic (exact) mass is 334 g/mol. The van der Waals surface area contributed by atoms with Gasteiger partial charge >= 0.3 is 0 Å². The predicted molar refractivity (Wildman–Crippen MR) is 89.2 cm³/mol. The predicted octanol–water partition coefficient (Wildman–Crippen LogP) is 3.78. The van der Waals surface area contributed by atoms with E-state index in [0.717, 1.165) is 5.56 Å². The summed E-state index contributed by atoms with van der Waals surface area (Å²) in [5, 5.41) is 3.30. The van der Waals surface area contributed by atoms with Crippen LogP contribution in [0.4, 0.5) is 15.8 Å². The fourth-order valence-electron chi connectivity index (χ4n) is 2.13. The molecule has 2 rings (SSSR count). The minimum absolute atomic E-state index is 0.207. The van der Waals surface area contributed by atoms with Crippen LogP contribution in [0.15, 0.2) is 42.5 Å². The van der Waals surface area contributed by atoms with Crippen LogP contribution in [0.3, 0.4) is 0 Å². The van der Waals surface area contributed by atoms with Crippen molar-refractivity contribution in [2.45, 2.75) is 13.8 Å². The summed E-state index contributed by atoms with van der Waals surface area (Å²) in [6.07, 6.45) is 0. The number of hydrogen-bond donors (Lipinski definition) is 1. The van der Waals surface area contributed by atoms with E-state index >= 15 is 0 Å². The molecular formula is C17H16ClFN2O2. The summed E-state index contributed by atoms with van der Waals surface area (Å²) in [5.41, 5.74) is 1.76. The first-order chi connectivity index (χ1) is 10.9. The van der Waals surface area contributed by atoms with Gasteiger partial charge in [-0.25, -0.2) is 4.39 Å². The Morgan fingerprint density at radius 3 is 2.57 bits per heavy atom. The Kier molecular flexibility index (Phi) is 5.34. The van der Waals surface area contributed by atoms with E-state index in [-0.39, 0.29) is 18.4 Å². The van der Waals surface area contributed by atoms with Crippen molar-refractivity contribution in [3.8, 4) is 0 Å². The van der Waals surface area contributed by atoms with Gasteiger partial charge in [0.1, 0.15) is 12.4 Å². The van der Waals surface area contributed by atoms with Crippen molar-refractivity contribution in [3.63, 3.8) is 0 Å². The highest BCUT2D eigenvalue weighted by Crippen LogP contribution is 2.20. The molecule has 0 aromatic heterocycles. The molecule has 0 saturated carbocycles. The average molecular weight is 335 g/mol. The topological polar surface area (TPSA) is 49.4 Å². The van der Waals surface area contributed by atoms with Crippen molar-refractivity contribution < 1.29 is 14.0 Å². The second-order valence-corrected chi connectivity index (χ2v) is 5.53. The zero-order valence-corrected chi connectivity index (χ0v) is 13.5. The van der Waals surface area contributed by atoms with Gasteiger partial charge in [0.15, 0.2) is 0 Å². The lowest BCUT2D eigenvalue weighted by Gasteiger charge is -2.21. The molecule has 4 nitrogen and oxygen atoms in total. The SMILES string of the molecule is CC(=O)N(CC(=O)Nc1ccc(Cl)cc1C)c1cccc(F)c1. The number of anilines is 2. The normalized spacial score (nSPS) is 10.3. The number of benzene rings is 2.